The molecule has 0 fully saturated rings. The van der Waals surface area contributed by atoms with Gasteiger partial charge in [0.25, 0.3) is 5.69 Å². The zero-order valence-corrected chi connectivity index (χ0v) is 11.1. The highest BCUT2D eigenvalue weighted by Gasteiger charge is 2.29. The van der Waals surface area contributed by atoms with Gasteiger partial charge in [-0.2, -0.15) is 0 Å². The topological polar surface area (TPSA) is 56.2 Å². The summed E-state index contributed by atoms with van der Waals surface area (Å²) in [7, 11) is 1.41. The third-order valence-corrected chi connectivity index (χ3v) is 3.12. The smallest absolute Gasteiger partial charge is 0.305 e. The number of rotatable bonds is 3. The number of hydrogen-bond donors (Lipinski definition) is 0. The van der Waals surface area contributed by atoms with E-state index in [1.165, 1.54) is 13.2 Å². The van der Waals surface area contributed by atoms with E-state index >= 15 is 0 Å². The van der Waals surface area contributed by atoms with Crippen LogP contribution < -0.4 is 9.74 Å². The number of aromatic nitrogens is 2. The summed E-state index contributed by atoms with van der Waals surface area (Å²) in [6.45, 7) is 1.66. The lowest BCUT2D eigenvalue weighted by Crippen LogP contribution is -2.41. The first kappa shape index (κ1) is 12.9. The van der Waals surface area contributed by atoms with E-state index in [9.17, 15) is 4.79 Å². The molecule has 0 unspecified atom stereocenters. The van der Waals surface area contributed by atoms with Crippen LogP contribution in [-0.2, 0) is 0 Å². The van der Waals surface area contributed by atoms with E-state index in [1.54, 1.807) is 19.1 Å². The lowest BCUT2D eigenvalue weighted by Gasteiger charge is -1.98. The van der Waals surface area contributed by atoms with Crippen molar-refractivity contribution in [2.24, 2.45) is 0 Å². The highest BCUT2D eigenvalue weighted by molar-refractivity contribution is 6.42. The van der Waals surface area contributed by atoms with Gasteiger partial charge in [0, 0.05) is 12.5 Å². The zero-order chi connectivity index (χ0) is 13.3. The second-order valence-corrected chi connectivity index (χ2v) is 4.32. The van der Waals surface area contributed by atoms with Gasteiger partial charge >= 0.3 is 5.69 Å². The van der Waals surface area contributed by atoms with E-state index in [1.807, 2.05) is 0 Å². The predicted molar refractivity (Wildman–Crippen MR) is 63.8 cm³/mol. The van der Waals surface area contributed by atoms with E-state index in [4.69, 9.17) is 32.7 Å². The number of hydrogen-bond acceptors (Lipinski definition) is 4. The molecule has 0 saturated heterocycles. The van der Waals surface area contributed by atoms with Crippen molar-refractivity contribution < 1.29 is 19.2 Å². The van der Waals surface area contributed by atoms with Crippen molar-refractivity contribution in [2.45, 2.75) is 6.92 Å². The largest absolute Gasteiger partial charge is 0.321 e. The van der Waals surface area contributed by atoms with Crippen molar-refractivity contribution in [3.05, 3.63) is 45.2 Å². The summed E-state index contributed by atoms with van der Waals surface area (Å²) in [5.41, 5.74) is 1.01. The lowest BCUT2D eigenvalue weighted by molar-refractivity contribution is -1.02. The molecule has 1 heterocycles. The average Bonchev–Trinajstić information content (AvgIpc) is 2.73. The maximum atomic E-state index is 12.2. The summed E-state index contributed by atoms with van der Waals surface area (Å²) in [5, 5.41) is 4.35. The fraction of sp³-hybridized carbons (Fsp3) is 0.182. The van der Waals surface area contributed by atoms with Gasteiger partial charge in [0.2, 0.25) is 5.78 Å². The van der Waals surface area contributed by atoms with Gasteiger partial charge in [0.1, 0.15) is 12.0 Å². The molecule has 0 amide bonds. The molecule has 2 aromatic rings. The molecule has 1 aromatic carbocycles. The molecular weight excluding hydrogens is 279 g/mol. The Balaban J connectivity index is 2.41. The Hall–Kier alpha value is -1.59. The molecule has 0 atom stereocenters. The third kappa shape index (κ3) is 2.19. The van der Waals surface area contributed by atoms with E-state index in [2.05, 4.69) is 5.16 Å². The predicted octanol–water partition coefficient (Wildman–Crippen LogP) is 1.87. The first-order valence-corrected chi connectivity index (χ1v) is 5.73. The fourth-order valence-corrected chi connectivity index (χ4v) is 1.74. The standard InChI is InChI=1S/C11H9Cl2N2O3/c1-6-10(14-18-15(6)17-2)11(16)7-3-4-8(12)9(13)5-7/h3-5H,1-2H3/q+1. The van der Waals surface area contributed by atoms with Crippen molar-refractivity contribution in [1.29, 1.82) is 0 Å². The van der Waals surface area contributed by atoms with Gasteiger partial charge in [-0.05, 0) is 22.8 Å². The number of ketones is 1. The van der Waals surface area contributed by atoms with Crippen LogP contribution in [0.4, 0.5) is 0 Å². The molecule has 0 aliphatic carbocycles. The summed E-state index contributed by atoms with van der Waals surface area (Å²) in [6.07, 6.45) is 0. The number of nitrogens with zero attached hydrogens (tertiary/aromatic N) is 2. The average molecular weight is 288 g/mol. The summed E-state index contributed by atoms with van der Waals surface area (Å²) in [5.74, 6) is -0.314. The Kier molecular flexibility index (Phi) is 3.54. The van der Waals surface area contributed by atoms with Crippen LogP contribution in [0.5, 0.6) is 0 Å². The Morgan fingerprint density at radius 2 is 2.11 bits per heavy atom. The molecule has 18 heavy (non-hydrogen) atoms. The molecule has 0 spiro atoms. The maximum Gasteiger partial charge on any atom is 0.321 e. The fourth-order valence-electron chi connectivity index (χ4n) is 1.44. The summed E-state index contributed by atoms with van der Waals surface area (Å²) in [6, 6.07) is 4.61. The summed E-state index contributed by atoms with van der Waals surface area (Å²) in [4.78, 5) is 18.1. The van der Waals surface area contributed by atoms with Crippen LogP contribution in [0.15, 0.2) is 22.8 Å². The second kappa shape index (κ2) is 4.96. The van der Waals surface area contributed by atoms with Crippen LogP contribution in [0, 0.1) is 6.92 Å². The first-order valence-electron chi connectivity index (χ1n) is 4.97. The summed E-state index contributed by atoms with van der Waals surface area (Å²) >= 11 is 11.6. The van der Waals surface area contributed by atoms with Crippen molar-refractivity contribution in [3.8, 4) is 0 Å². The Morgan fingerprint density at radius 3 is 2.67 bits per heavy atom. The Bertz CT molecular complexity index is 610. The van der Waals surface area contributed by atoms with Gasteiger partial charge in [-0.1, -0.05) is 23.2 Å². The van der Waals surface area contributed by atoms with Gasteiger partial charge in [-0.15, -0.1) is 0 Å². The van der Waals surface area contributed by atoms with Gasteiger partial charge in [-0.3, -0.25) is 4.79 Å². The highest BCUT2D eigenvalue weighted by atomic mass is 35.5. The van der Waals surface area contributed by atoms with Crippen molar-refractivity contribution in [2.75, 3.05) is 7.11 Å². The molecule has 2 rings (SSSR count). The summed E-state index contributed by atoms with van der Waals surface area (Å²) < 4.78 is 4.81. The van der Waals surface area contributed by atoms with Crippen LogP contribution in [0.1, 0.15) is 21.7 Å². The van der Waals surface area contributed by atoms with Gasteiger partial charge in [0.05, 0.1) is 10.0 Å². The molecule has 0 aliphatic rings. The minimum Gasteiger partial charge on any atom is -0.305 e. The van der Waals surface area contributed by atoms with Crippen LogP contribution in [0.2, 0.25) is 10.0 Å². The van der Waals surface area contributed by atoms with E-state index < -0.39 is 0 Å². The van der Waals surface area contributed by atoms with Crippen molar-refractivity contribution in [1.82, 2.24) is 5.16 Å². The molecular formula is C11H9Cl2N2O3+. The molecule has 94 valence electrons. The van der Waals surface area contributed by atoms with Gasteiger partial charge < -0.3 is 4.84 Å². The van der Waals surface area contributed by atoms with Crippen LogP contribution in [-0.4, -0.2) is 18.0 Å². The number of halogens is 2. The van der Waals surface area contributed by atoms with Gasteiger partial charge in [0.15, 0.2) is 5.16 Å². The minimum absolute atomic E-state index is 0.162. The third-order valence-electron chi connectivity index (χ3n) is 2.39. The molecule has 0 saturated carbocycles. The Labute approximate surface area is 113 Å². The van der Waals surface area contributed by atoms with E-state index in [0.29, 0.717) is 21.3 Å². The van der Waals surface area contributed by atoms with E-state index in [0.717, 1.165) is 4.90 Å². The molecule has 1 aromatic heterocycles. The number of carbonyl (C=O) groups excluding carboxylic acids is 1. The minimum atomic E-state index is -0.314. The Morgan fingerprint density at radius 1 is 1.39 bits per heavy atom. The zero-order valence-electron chi connectivity index (χ0n) is 9.61. The molecule has 0 N–H and O–H groups in total. The lowest BCUT2D eigenvalue weighted by atomic mass is 10.1. The van der Waals surface area contributed by atoms with Crippen LogP contribution >= 0.6 is 23.2 Å². The SMILES string of the molecule is CO[n+]1onc(C(=O)c2ccc(Cl)c(Cl)c2)c1C. The molecule has 7 heteroatoms. The van der Waals surface area contributed by atoms with Crippen molar-refractivity contribution in [3.63, 3.8) is 0 Å². The van der Waals surface area contributed by atoms with Gasteiger partial charge in [-0.25, -0.2) is 0 Å². The van der Waals surface area contributed by atoms with E-state index in [-0.39, 0.29) is 11.5 Å². The maximum absolute atomic E-state index is 12.2. The molecule has 0 radical (unpaired) electrons. The molecule has 5 nitrogen and oxygen atoms in total. The van der Waals surface area contributed by atoms with Crippen molar-refractivity contribution >= 4 is 29.0 Å². The second-order valence-electron chi connectivity index (χ2n) is 3.50. The monoisotopic (exact) mass is 287 g/mol. The first-order chi connectivity index (χ1) is 8.54. The normalized spacial score (nSPS) is 10.4. The molecule has 0 bridgehead atoms. The van der Waals surface area contributed by atoms with Crippen LogP contribution in [0.3, 0.4) is 0 Å². The number of benzene rings is 1. The number of carbonyl (C=O) groups is 1. The quantitative estimate of drug-likeness (QED) is 0.809. The highest BCUT2D eigenvalue weighted by Crippen LogP contribution is 2.23. The molecule has 0 aliphatic heterocycles. The van der Waals surface area contributed by atoms with Crippen LogP contribution in [0.25, 0.3) is 0 Å².